The van der Waals surface area contributed by atoms with E-state index in [0.29, 0.717) is 29.8 Å². The molecule has 2 aliphatic rings. The van der Waals surface area contributed by atoms with Gasteiger partial charge in [0.25, 0.3) is 5.66 Å². The number of para-hydroxylation sites is 1. The van der Waals surface area contributed by atoms with Gasteiger partial charge in [-0.25, -0.2) is 4.39 Å². The van der Waals surface area contributed by atoms with Crippen LogP contribution in [0.3, 0.4) is 0 Å². The molecule has 152 valence electrons. The summed E-state index contributed by atoms with van der Waals surface area (Å²) in [5.74, 6) is -0.370. The molecule has 1 atom stereocenters. The van der Waals surface area contributed by atoms with Crippen LogP contribution in [0.5, 0.6) is 0 Å². The van der Waals surface area contributed by atoms with Crippen molar-refractivity contribution in [1.29, 1.82) is 0 Å². The van der Waals surface area contributed by atoms with E-state index < -0.39 is 11.2 Å². The lowest BCUT2D eigenvalue weighted by atomic mass is 9.86. The van der Waals surface area contributed by atoms with E-state index in [1.165, 1.54) is 12.1 Å². The largest absolute Gasteiger partial charge is 0.622 e. The quantitative estimate of drug-likeness (QED) is 0.460. The molecule has 1 spiro atoms. The second-order valence-corrected chi connectivity index (χ2v) is 8.08. The van der Waals surface area contributed by atoms with Crippen molar-refractivity contribution in [2.45, 2.75) is 50.7 Å². The second-order valence-electron chi connectivity index (χ2n) is 8.08. The summed E-state index contributed by atoms with van der Waals surface area (Å²) in [5.41, 5.74) is 3.15. The maximum absolute atomic E-state index is 13.7. The van der Waals surface area contributed by atoms with Gasteiger partial charge in [-0.15, -0.1) is 5.06 Å². The fraction of sp³-hybridized carbons (Fsp3) is 0.364. The van der Waals surface area contributed by atoms with E-state index in [1.807, 2.05) is 30.3 Å². The number of nitrogens with one attached hydrogen (secondary N) is 1. The van der Waals surface area contributed by atoms with Gasteiger partial charge in [-0.2, -0.15) is 9.84 Å². The Morgan fingerprint density at radius 3 is 2.48 bits per heavy atom. The molecule has 0 bridgehead atoms. The smallest absolute Gasteiger partial charge is 0.292 e. The van der Waals surface area contributed by atoms with Gasteiger partial charge in [0.1, 0.15) is 17.1 Å². The number of anilines is 1. The summed E-state index contributed by atoms with van der Waals surface area (Å²) in [4.78, 5) is 0. The van der Waals surface area contributed by atoms with Gasteiger partial charge in [-0.1, -0.05) is 18.2 Å². The predicted molar refractivity (Wildman–Crippen MR) is 111 cm³/mol. The van der Waals surface area contributed by atoms with Crippen molar-refractivity contribution in [1.82, 2.24) is 5.06 Å². The summed E-state index contributed by atoms with van der Waals surface area (Å²) in [5, 5.41) is 30.6. The van der Waals surface area contributed by atoms with E-state index in [1.54, 1.807) is 26.0 Å². The minimum atomic E-state index is -1.28. The number of hydrogen-bond acceptors (Lipinski definition) is 5. The molecule has 1 aliphatic heterocycles. The number of rotatable bonds is 3. The topological polar surface area (TPSA) is 73.9 Å². The summed E-state index contributed by atoms with van der Waals surface area (Å²) in [6.07, 6.45) is 2.75. The Hall–Kier alpha value is -2.77. The van der Waals surface area contributed by atoms with Gasteiger partial charge in [-0.3, -0.25) is 5.43 Å². The van der Waals surface area contributed by atoms with Crippen molar-refractivity contribution in [2.24, 2.45) is 5.10 Å². The number of hydrazone groups is 1. The SMILES string of the molecule is CC1(C)C(c2ccc(F)cc2)=[N+]([O-])C2(CCCC/C2=N\Nc2ccccc2)N1O. The average molecular weight is 396 g/mol. The van der Waals surface area contributed by atoms with Crippen molar-refractivity contribution in [2.75, 3.05) is 5.43 Å². The molecule has 0 saturated heterocycles. The van der Waals surface area contributed by atoms with E-state index >= 15 is 0 Å². The van der Waals surface area contributed by atoms with Gasteiger partial charge in [0.05, 0.1) is 5.69 Å². The molecule has 2 aromatic rings. The van der Waals surface area contributed by atoms with Crippen LogP contribution in [0.4, 0.5) is 10.1 Å². The van der Waals surface area contributed by atoms with Gasteiger partial charge in [0.15, 0.2) is 0 Å². The molecule has 7 heteroatoms. The molecule has 0 aromatic heterocycles. The third kappa shape index (κ3) is 3.10. The van der Waals surface area contributed by atoms with Gasteiger partial charge >= 0.3 is 0 Å². The van der Waals surface area contributed by atoms with E-state index in [-0.39, 0.29) is 5.82 Å². The highest BCUT2D eigenvalue weighted by molar-refractivity contribution is 6.07. The molecular weight excluding hydrogens is 371 g/mol. The minimum absolute atomic E-state index is 0.370. The molecule has 29 heavy (non-hydrogen) atoms. The Balaban J connectivity index is 1.81. The first-order valence-corrected chi connectivity index (χ1v) is 9.85. The zero-order valence-electron chi connectivity index (χ0n) is 16.6. The Kier molecular flexibility index (Phi) is 4.88. The van der Waals surface area contributed by atoms with Crippen LogP contribution in [0, 0.1) is 11.0 Å². The first-order valence-electron chi connectivity index (χ1n) is 9.85. The molecule has 6 nitrogen and oxygen atoms in total. The molecule has 1 heterocycles. The van der Waals surface area contributed by atoms with E-state index in [0.717, 1.165) is 28.3 Å². The van der Waals surface area contributed by atoms with Gasteiger partial charge < -0.3 is 10.4 Å². The van der Waals surface area contributed by atoms with Crippen molar-refractivity contribution in [3.05, 3.63) is 71.2 Å². The van der Waals surface area contributed by atoms with Gasteiger partial charge in [0, 0.05) is 12.0 Å². The van der Waals surface area contributed by atoms with Gasteiger partial charge in [-0.05, 0) is 69.5 Å². The van der Waals surface area contributed by atoms with Gasteiger partial charge in [0.2, 0.25) is 5.71 Å². The van der Waals surface area contributed by atoms with Crippen molar-refractivity contribution >= 4 is 17.1 Å². The second kappa shape index (κ2) is 7.24. The van der Waals surface area contributed by atoms with Crippen LogP contribution < -0.4 is 5.43 Å². The standard InChI is InChI=1S/C22H25FN4O2/c1-21(2)20(16-11-13-17(23)14-12-16)26(28)22(27(21)29)15-7-6-10-19(22)25-24-18-8-4-3-5-9-18/h3-5,8-9,11-14,24,29H,6-7,10,15H2,1-2H3/b25-19+. The minimum Gasteiger partial charge on any atom is -0.622 e. The maximum atomic E-state index is 13.7. The fourth-order valence-corrected chi connectivity index (χ4v) is 4.41. The zero-order chi connectivity index (χ0) is 20.6. The molecule has 0 amide bonds. The van der Waals surface area contributed by atoms with Crippen LogP contribution in [0.2, 0.25) is 0 Å². The van der Waals surface area contributed by atoms with Crippen LogP contribution >= 0.6 is 0 Å². The van der Waals surface area contributed by atoms with Crippen LogP contribution in [0.25, 0.3) is 0 Å². The first kappa shape index (κ1) is 19.5. The molecule has 1 fully saturated rings. The third-order valence-corrected chi connectivity index (χ3v) is 5.86. The molecule has 0 radical (unpaired) electrons. The first-order chi connectivity index (χ1) is 13.9. The highest BCUT2D eigenvalue weighted by Crippen LogP contribution is 2.42. The lowest BCUT2D eigenvalue weighted by Gasteiger charge is -2.38. The number of halogens is 1. The van der Waals surface area contributed by atoms with Crippen LogP contribution in [-0.2, 0) is 0 Å². The number of hydrogen-bond donors (Lipinski definition) is 2. The molecule has 4 rings (SSSR count). The lowest BCUT2D eigenvalue weighted by Crippen LogP contribution is -2.61. The van der Waals surface area contributed by atoms with Crippen LogP contribution in [0.1, 0.15) is 45.1 Å². The average Bonchev–Trinajstić information content (AvgIpc) is 2.87. The highest BCUT2D eigenvalue weighted by Gasteiger charge is 2.65. The Morgan fingerprint density at radius 2 is 1.79 bits per heavy atom. The monoisotopic (exact) mass is 396 g/mol. The normalized spacial score (nSPS) is 25.7. The molecule has 2 aromatic carbocycles. The zero-order valence-corrected chi connectivity index (χ0v) is 16.6. The molecular formula is C22H25FN4O2. The summed E-state index contributed by atoms with van der Waals surface area (Å²) < 4.78 is 14.3. The summed E-state index contributed by atoms with van der Waals surface area (Å²) in [6.45, 7) is 3.59. The molecule has 1 saturated carbocycles. The van der Waals surface area contributed by atoms with Crippen molar-refractivity contribution < 1.29 is 14.3 Å². The highest BCUT2D eigenvalue weighted by atomic mass is 19.1. The molecule has 1 unspecified atom stereocenters. The Labute approximate surface area is 169 Å². The molecule has 2 N–H and O–H groups in total. The fourth-order valence-electron chi connectivity index (χ4n) is 4.41. The molecule has 1 aliphatic carbocycles. The summed E-state index contributed by atoms with van der Waals surface area (Å²) >= 11 is 0. The predicted octanol–water partition coefficient (Wildman–Crippen LogP) is 4.35. The van der Waals surface area contributed by atoms with E-state index in [4.69, 9.17) is 0 Å². The van der Waals surface area contributed by atoms with Crippen molar-refractivity contribution in [3.8, 4) is 0 Å². The lowest BCUT2D eigenvalue weighted by molar-refractivity contribution is -0.568. The van der Waals surface area contributed by atoms with Crippen LogP contribution in [0.15, 0.2) is 59.7 Å². The number of benzene rings is 2. The van der Waals surface area contributed by atoms with Crippen molar-refractivity contribution in [3.63, 3.8) is 0 Å². The van der Waals surface area contributed by atoms with E-state index in [9.17, 15) is 14.8 Å². The number of hydroxylamine groups is 3. The third-order valence-electron chi connectivity index (χ3n) is 5.86. The Morgan fingerprint density at radius 1 is 1.10 bits per heavy atom. The Bertz CT molecular complexity index is 957. The van der Waals surface area contributed by atoms with E-state index in [2.05, 4.69) is 10.5 Å². The van der Waals surface area contributed by atoms with Crippen LogP contribution in [-0.4, -0.2) is 37.6 Å². The summed E-state index contributed by atoms with van der Waals surface area (Å²) in [7, 11) is 0. The number of nitrogens with zero attached hydrogens (tertiary/aromatic N) is 3. The maximum Gasteiger partial charge on any atom is 0.292 e. The summed E-state index contributed by atoms with van der Waals surface area (Å²) in [6, 6.07) is 15.3.